The molecule has 6 rings (SSSR count). The Balaban J connectivity index is 1.44. The van der Waals surface area contributed by atoms with Crippen LogP contribution in [0.15, 0.2) is 61.2 Å². The quantitative estimate of drug-likeness (QED) is 0.331. The number of nitrogens with zero attached hydrogens (tertiary/aromatic N) is 6. The fourth-order valence-electron chi connectivity index (χ4n) is 4.56. The second-order valence-corrected chi connectivity index (χ2v) is 8.89. The van der Waals surface area contributed by atoms with Gasteiger partial charge in [-0.25, -0.2) is 23.9 Å². The number of anilines is 1. The van der Waals surface area contributed by atoms with Gasteiger partial charge in [-0.3, -0.25) is 0 Å². The molecule has 1 aliphatic rings. The van der Waals surface area contributed by atoms with Crippen LogP contribution in [-0.2, 0) is 9.53 Å². The van der Waals surface area contributed by atoms with Gasteiger partial charge in [0, 0.05) is 47.1 Å². The Morgan fingerprint density at radius 3 is 2.75 bits per heavy atom. The Labute approximate surface area is 210 Å². The van der Waals surface area contributed by atoms with Crippen LogP contribution in [0.4, 0.5) is 10.1 Å². The van der Waals surface area contributed by atoms with E-state index in [-0.39, 0.29) is 10.6 Å². The van der Waals surface area contributed by atoms with Crippen LogP contribution in [0.3, 0.4) is 0 Å². The fourth-order valence-corrected chi connectivity index (χ4v) is 4.83. The molecule has 0 N–H and O–H groups in total. The summed E-state index contributed by atoms with van der Waals surface area (Å²) in [7, 11) is 0. The van der Waals surface area contributed by atoms with Gasteiger partial charge in [0.15, 0.2) is 5.65 Å². The highest BCUT2D eigenvalue weighted by atomic mass is 35.5. The lowest BCUT2D eigenvalue weighted by Crippen LogP contribution is -2.36. The molecule has 0 radical (unpaired) electrons. The minimum absolute atomic E-state index is 0.133. The molecule has 2 aromatic carbocycles. The smallest absolute Gasteiger partial charge is 0.153 e. The van der Waals surface area contributed by atoms with Crippen molar-refractivity contribution >= 4 is 40.1 Å². The average molecular weight is 503 g/mol. The SMILES string of the molecule is O=CC(c1ccc2nccn2n1)c1cc(-c2ncnc3cc(N4CCOCC4)ccc23)c(F)cc1Cl. The van der Waals surface area contributed by atoms with Crippen molar-refractivity contribution in [2.24, 2.45) is 0 Å². The number of hydrogen-bond donors (Lipinski definition) is 0. The molecule has 0 spiro atoms. The molecule has 0 aliphatic carbocycles. The Kier molecular flexibility index (Phi) is 5.79. The molecule has 8 nitrogen and oxygen atoms in total. The van der Waals surface area contributed by atoms with Gasteiger partial charge >= 0.3 is 0 Å². The molecule has 36 heavy (non-hydrogen) atoms. The number of halogens is 2. The first-order chi connectivity index (χ1) is 17.6. The van der Waals surface area contributed by atoms with Crippen LogP contribution in [0.1, 0.15) is 17.2 Å². The van der Waals surface area contributed by atoms with Crippen molar-refractivity contribution in [1.82, 2.24) is 24.6 Å². The van der Waals surface area contributed by atoms with E-state index in [0.29, 0.717) is 46.7 Å². The minimum Gasteiger partial charge on any atom is -0.378 e. The number of fused-ring (bicyclic) bond motifs is 2. The molecule has 1 atom stereocenters. The van der Waals surface area contributed by atoms with Gasteiger partial charge in [0.1, 0.15) is 18.4 Å². The lowest BCUT2D eigenvalue weighted by molar-refractivity contribution is -0.108. The number of hydrogen-bond acceptors (Lipinski definition) is 7. The van der Waals surface area contributed by atoms with Crippen LogP contribution in [0.2, 0.25) is 5.02 Å². The van der Waals surface area contributed by atoms with E-state index in [2.05, 4.69) is 25.0 Å². The summed E-state index contributed by atoms with van der Waals surface area (Å²) >= 11 is 6.44. The molecular weight excluding hydrogens is 483 g/mol. The zero-order valence-electron chi connectivity index (χ0n) is 19.0. The maximum Gasteiger partial charge on any atom is 0.153 e. The molecule has 1 fully saturated rings. The Morgan fingerprint density at radius 2 is 1.92 bits per heavy atom. The Bertz CT molecular complexity index is 1600. The Morgan fingerprint density at radius 1 is 1.06 bits per heavy atom. The minimum atomic E-state index is -0.801. The molecule has 0 saturated carbocycles. The van der Waals surface area contributed by atoms with Crippen LogP contribution in [0.5, 0.6) is 0 Å². The summed E-state index contributed by atoms with van der Waals surface area (Å²) in [5.41, 5.74) is 3.93. The summed E-state index contributed by atoms with van der Waals surface area (Å²) in [6, 6.07) is 12.1. The van der Waals surface area contributed by atoms with Gasteiger partial charge in [-0.15, -0.1) is 0 Å². The van der Waals surface area contributed by atoms with Gasteiger partial charge in [0.25, 0.3) is 0 Å². The van der Waals surface area contributed by atoms with Crippen molar-refractivity contribution in [3.05, 3.63) is 83.3 Å². The third-order valence-corrected chi connectivity index (χ3v) is 6.73. The van der Waals surface area contributed by atoms with Crippen molar-refractivity contribution in [1.29, 1.82) is 0 Å². The van der Waals surface area contributed by atoms with E-state index in [4.69, 9.17) is 16.3 Å². The number of benzene rings is 2. The third kappa shape index (κ3) is 3.96. The fraction of sp³-hybridized carbons (Fsp3) is 0.192. The molecule has 1 unspecified atom stereocenters. The summed E-state index contributed by atoms with van der Waals surface area (Å²) in [4.78, 5) is 27.4. The molecule has 4 heterocycles. The summed E-state index contributed by atoms with van der Waals surface area (Å²) in [5, 5.41) is 5.31. The topological polar surface area (TPSA) is 85.5 Å². The van der Waals surface area contributed by atoms with Crippen molar-refractivity contribution < 1.29 is 13.9 Å². The van der Waals surface area contributed by atoms with E-state index >= 15 is 4.39 Å². The van der Waals surface area contributed by atoms with E-state index in [9.17, 15) is 4.79 Å². The van der Waals surface area contributed by atoms with Crippen LogP contribution in [0.25, 0.3) is 27.8 Å². The normalized spacial score (nSPS) is 14.9. The van der Waals surface area contributed by atoms with Gasteiger partial charge in [-0.05, 0) is 48.0 Å². The maximum absolute atomic E-state index is 15.3. The second-order valence-electron chi connectivity index (χ2n) is 8.48. The lowest BCUT2D eigenvalue weighted by Gasteiger charge is -2.29. The van der Waals surface area contributed by atoms with Crippen LogP contribution >= 0.6 is 11.6 Å². The first-order valence-corrected chi connectivity index (χ1v) is 11.8. The molecule has 0 amide bonds. The Hall–Kier alpha value is -3.95. The van der Waals surface area contributed by atoms with E-state index in [1.165, 1.54) is 12.4 Å². The molecule has 5 aromatic rings. The van der Waals surface area contributed by atoms with Gasteiger partial charge in [0.2, 0.25) is 0 Å². The van der Waals surface area contributed by atoms with Crippen LogP contribution in [-0.4, -0.2) is 57.2 Å². The van der Waals surface area contributed by atoms with Gasteiger partial charge in [-0.2, -0.15) is 5.10 Å². The second kappa shape index (κ2) is 9.25. The molecule has 3 aromatic heterocycles. The van der Waals surface area contributed by atoms with Crippen molar-refractivity contribution in [2.45, 2.75) is 5.92 Å². The number of imidazole rings is 1. The largest absolute Gasteiger partial charge is 0.378 e. The zero-order valence-corrected chi connectivity index (χ0v) is 19.8. The number of morpholine rings is 1. The van der Waals surface area contributed by atoms with E-state index in [0.717, 1.165) is 25.1 Å². The monoisotopic (exact) mass is 502 g/mol. The number of aromatic nitrogens is 5. The van der Waals surface area contributed by atoms with E-state index < -0.39 is 11.7 Å². The average Bonchev–Trinajstić information content (AvgIpc) is 3.38. The first-order valence-electron chi connectivity index (χ1n) is 11.4. The summed E-state index contributed by atoms with van der Waals surface area (Å²) < 4.78 is 22.3. The molecule has 1 aliphatic heterocycles. The number of aldehydes is 1. The highest BCUT2D eigenvalue weighted by Gasteiger charge is 2.23. The number of ether oxygens (including phenoxy) is 1. The van der Waals surface area contributed by atoms with Crippen LogP contribution < -0.4 is 4.90 Å². The maximum atomic E-state index is 15.3. The van der Waals surface area contributed by atoms with Gasteiger partial charge in [0.05, 0.1) is 36.0 Å². The highest BCUT2D eigenvalue weighted by Crippen LogP contribution is 2.36. The highest BCUT2D eigenvalue weighted by molar-refractivity contribution is 6.31. The molecular formula is C26H20ClFN6O2. The predicted octanol–water partition coefficient (Wildman–Crippen LogP) is 4.30. The van der Waals surface area contributed by atoms with E-state index in [1.54, 1.807) is 35.1 Å². The molecule has 10 heteroatoms. The van der Waals surface area contributed by atoms with Crippen LogP contribution in [0, 0.1) is 5.82 Å². The first kappa shape index (κ1) is 22.5. The van der Waals surface area contributed by atoms with Crippen molar-refractivity contribution in [3.8, 4) is 11.3 Å². The third-order valence-electron chi connectivity index (χ3n) is 6.40. The molecule has 0 bridgehead atoms. The zero-order chi connectivity index (χ0) is 24.6. The number of carbonyl (C=O) groups is 1. The summed E-state index contributed by atoms with van der Waals surface area (Å²) in [5.74, 6) is -1.34. The molecule has 1 saturated heterocycles. The molecule has 180 valence electrons. The van der Waals surface area contributed by atoms with E-state index in [1.807, 2.05) is 18.2 Å². The summed E-state index contributed by atoms with van der Waals surface area (Å²) in [6.07, 6.45) is 5.48. The standard InChI is InChI=1S/C26H20ClFN6O2/c27-21-13-22(28)19(12-18(21)20(14-35)23-3-4-25-29-5-6-34(25)32-23)26-17-2-1-16(11-24(17)30-15-31-26)33-7-9-36-10-8-33/h1-6,11-15,20H,7-10H2. The summed E-state index contributed by atoms with van der Waals surface area (Å²) in [6.45, 7) is 2.94. The number of carbonyl (C=O) groups excluding carboxylic acids is 1. The van der Waals surface area contributed by atoms with Gasteiger partial charge < -0.3 is 14.4 Å². The van der Waals surface area contributed by atoms with Gasteiger partial charge in [-0.1, -0.05) is 11.6 Å². The lowest BCUT2D eigenvalue weighted by atomic mass is 9.93. The van der Waals surface area contributed by atoms with Crippen molar-refractivity contribution in [2.75, 3.05) is 31.2 Å². The number of rotatable bonds is 5. The predicted molar refractivity (Wildman–Crippen MR) is 134 cm³/mol. The van der Waals surface area contributed by atoms with Crippen molar-refractivity contribution in [3.63, 3.8) is 0 Å².